The minimum atomic E-state index is -0.626. The summed E-state index contributed by atoms with van der Waals surface area (Å²) in [5.74, 6) is -0.190. The molecule has 0 aliphatic carbocycles. The number of hydrogen-bond acceptors (Lipinski definition) is 4. The molecule has 2 N–H and O–H groups in total. The fourth-order valence-corrected chi connectivity index (χ4v) is 4.24. The first-order chi connectivity index (χ1) is 14.7. The highest BCUT2D eigenvalue weighted by Gasteiger charge is 2.29. The summed E-state index contributed by atoms with van der Waals surface area (Å²) < 4.78 is 7.31. The Morgan fingerprint density at radius 3 is 2.71 bits per heavy atom. The molecule has 0 radical (unpaired) electrons. The largest absolute Gasteiger partial charge is 0.444 e. The fourth-order valence-electron chi connectivity index (χ4n) is 3.82. The molecule has 3 aromatic rings. The second kappa shape index (κ2) is 8.09. The van der Waals surface area contributed by atoms with Crippen LogP contribution in [0, 0.1) is 0 Å². The smallest absolute Gasteiger partial charge is 0.408 e. The van der Waals surface area contributed by atoms with Crippen LogP contribution < -0.4 is 5.32 Å². The summed E-state index contributed by atoms with van der Waals surface area (Å²) in [6.45, 7) is 6.59. The van der Waals surface area contributed by atoms with Crippen molar-refractivity contribution in [2.24, 2.45) is 0 Å². The lowest BCUT2D eigenvalue weighted by atomic mass is 10.0. The van der Waals surface area contributed by atoms with Crippen molar-refractivity contribution in [3.63, 3.8) is 0 Å². The zero-order chi connectivity index (χ0) is 22.3. The highest BCUT2D eigenvalue weighted by Crippen LogP contribution is 2.42. The topological polar surface area (TPSA) is 92.2 Å². The first-order valence-corrected chi connectivity index (χ1v) is 10.6. The Kier molecular flexibility index (Phi) is 5.61. The van der Waals surface area contributed by atoms with Gasteiger partial charge in [0.2, 0.25) is 5.91 Å². The van der Waals surface area contributed by atoms with Gasteiger partial charge in [-0.25, -0.2) is 4.79 Å². The van der Waals surface area contributed by atoms with Crippen LogP contribution in [-0.4, -0.2) is 50.4 Å². The molecule has 10 heteroatoms. The minimum absolute atomic E-state index is 0.136. The van der Waals surface area contributed by atoms with Gasteiger partial charge in [-0.1, -0.05) is 29.3 Å². The number of fused-ring (bicyclic) bond motifs is 3. The zero-order valence-electron chi connectivity index (χ0n) is 17.5. The van der Waals surface area contributed by atoms with E-state index in [1.165, 1.54) is 0 Å². The average molecular weight is 464 g/mol. The van der Waals surface area contributed by atoms with Crippen molar-refractivity contribution >= 4 is 46.1 Å². The second-order valence-electron chi connectivity index (χ2n) is 8.39. The number of ether oxygens (including phenoxy) is 1. The molecule has 3 heterocycles. The monoisotopic (exact) mass is 463 g/mol. The van der Waals surface area contributed by atoms with Crippen molar-refractivity contribution < 1.29 is 14.3 Å². The van der Waals surface area contributed by atoms with E-state index in [1.54, 1.807) is 37.9 Å². The number of halogens is 2. The number of benzene rings is 1. The minimum Gasteiger partial charge on any atom is -0.444 e. The van der Waals surface area contributed by atoms with Crippen molar-refractivity contribution in [2.45, 2.75) is 39.5 Å². The molecule has 4 rings (SSSR count). The van der Waals surface area contributed by atoms with Crippen LogP contribution in [0.1, 0.15) is 26.5 Å². The van der Waals surface area contributed by atoms with Gasteiger partial charge in [-0.2, -0.15) is 5.10 Å². The molecular weight excluding hydrogens is 441 g/mol. The SMILES string of the molecule is CC(C)(C)OC(=O)NCC(=O)N1CCn2c(c(-c3cn[nH]c3)c3ccc(Cl)c(Cl)c32)C1. The van der Waals surface area contributed by atoms with Gasteiger partial charge in [-0.05, 0) is 26.8 Å². The van der Waals surface area contributed by atoms with Crippen molar-refractivity contribution in [1.82, 2.24) is 25.0 Å². The molecule has 0 fully saturated rings. The first kappa shape index (κ1) is 21.5. The summed E-state index contributed by atoms with van der Waals surface area (Å²) in [7, 11) is 0. The van der Waals surface area contributed by atoms with Crippen LogP contribution >= 0.6 is 23.2 Å². The Bertz CT molecular complexity index is 1150. The van der Waals surface area contributed by atoms with E-state index in [0.29, 0.717) is 29.7 Å². The van der Waals surface area contributed by atoms with Gasteiger partial charge in [0.25, 0.3) is 0 Å². The lowest BCUT2D eigenvalue weighted by Crippen LogP contribution is -2.44. The number of nitrogens with one attached hydrogen (secondary N) is 2. The number of alkyl carbamates (subject to hydrolysis) is 1. The molecule has 8 nitrogen and oxygen atoms in total. The second-order valence-corrected chi connectivity index (χ2v) is 9.17. The van der Waals surface area contributed by atoms with E-state index in [2.05, 4.69) is 20.1 Å². The van der Waals surface area contributed by atoms with Crippen molar-refractivity contribution in [2.75, 3.05) is 13.1 Å². The lowest BCUT2D eigenvalue weighted by Gasteiger charge is -2.30. The Labute approximate surface area is 189 Å². The Morgan fingerprint density at radius 1 is 1.26 bits per heavy atom. The number of aromatic amines is 1. The molecule has 1 aromatic carbocycles. The number of aromatic nitrogens is 3. The molecule has 31 heavy (non-hydrogen) atoms. The summed E-state index contributed by atoms with van der Waals surface area (Å²) in [6, 6.07) is 3.71. The molecule has 0 atom stereocenters. The maximum atomic E-state index is 12.8. The highest BCUT2D eigenvalue weighted by molar-refractivity contribution is 6.45. The van der Waals surface area contributed by atoms with Gasteiger partial charge in [0.15, 0.2) is 0 Å². The molecular formula is C21H23Cl2N5O3. The predicted octanol–water partition coefficient (Wildman–Crippen LogP) is 4.21. The zero-order valence-corrected chi connectivity index (χ0v) is 19.0. The molecule has 1 aliphatic rings. The van der Waals surface area contributed by atoms with Gasteiger partial charge in [-0.3, -0.25) is 9.89 Å². The molecule has 1 aliphatic heterocycles. The number of amides is 2. The van der Waals surface area contributed by atoms with E-state index in [1.807, 2.05) is 12.3 Å². The van der Waals surface area contributed by atoms with Crippen LogP contribution in [0.25, 0.3) is 22.0 Å². The maximum Gasteiger partial charge on any atom is 0.408 e. The number of nitrogens with zero attached hydrogens (tertiary/aromatic N) is 3. The molecule has 2 aromatic heterocycles. The van der Waals surface area contributed by atoms with Gasteiger partial charge in [0, 0.05) is 41.5 Å². The van der Waals surface area contributed by atoms with Crippen LogP contribution in [0.4, 0.5) is 4.79 Å². The van der Waals surface area contributed by atoms with Gasteiger partial charge in [0.05, 0.1) is 28.3 Å². The van der Waals surface area contributed by atoms with Crippen LogP contribution in [0.3, 0.4) is 0 Å². The van der Waals surface area contributed by atoms with E-state index in [9.17, 15) is 9.59 Å². The Morgan fingerprint density at radius 2 is 2.03 bits per heavy atom. The summed E-state index contributed by atoms with van der Waals surface area (Å²) in [5, 5.41) is 11.4. The average Bonchev–Trinajstić information content (AvgIpc) is 3.32. The van der Waals surface area contributed by atoms with Gasteiger partial charge in [-0.15, -0.1) is 0 Å². The van der Waals surface area contributed by atoms with E-state index >= 15 is 0 Å². The first-order valence-electron chi connectivity index (χ1n) is 9.88. The van der Waals surface area contributed by atoms with Crippen LogP contribution in [-0.2, 0) is 22.6 Å². The van der Waals surface area contributed by atoms with Crippen LogP contribution in [0.5, 0.6) is 0 Å². The summed E-state index contributed by atoms with van der Waals surface area (Å²) >= 11 is 12.8. The van der Waals surface area contributed by atoms with Gasteiger partial charge in [0.1, 0.15) is 12.1 Å². The van der Waals surface area contributed by atoms with Gasteiger partial charge < -0.3 is 19.5 Å². The van der Waals surface area contributed by atoms with E-state index in [-0.39, 0.29) is 12.5 Å². The molecule has 2 amide bonds. The quantitative estimate of drug-likeness (QED) is 0.608. The van der Waals surface area contributed by atoms with E-state index in [4.69, 9.17) is 27.9 Å². The normalized spacial score (nSPS) is 13.9. The molecule has 0 unspecified atom stereocenters. The van der Waals surface area contributed by atoms with Gasteiger partial charge >= 0.3 is 6.09 Å². The fraction of sp³-hybridized carbons (Fsp3) is 0.381. The third kappa shape index (κ3) is 4.22. The maximum absolute atomic E-state index is 12.8. The lowest BCUT2D eigenvalue weighted by molar-refractivity contribution is -0.131. The molecule has 0 saturated carbocycles. The molecule has 0 saturated heterocycles. The molecule has 164 valence electrons. The van der Waals surface area contributed by atoms with E-state index in [0.717, 1.165) is 27.7 Å². The van der Waals surface area contributed by atoms with E-state index < -0.39 is 11.7 Å². The number of H-pyrrole nitrogens is 1. The summed E-state index contributed by atoms with van der Waals surface area (Å²) in [4.78, 5) is 26.4. The molecule has 0 spiro atoms. The highest BCUT2D eigenvalue weighted by atomic mass is 35.5. The molecule has 0 bridgehead atoms. The number of carbonyl (C=O) groups is 2. The predicted molar refractivity (Wildman–Crippen MR) is 119 cm³/mol. The van der Waals surface area contributed by atoms with Crippen molar-refractivity contribution in [3.05, 3.63) is 40.3 Å². The third-order valence-electron chi connectivity index (χ3n) is 5.08. The number of rotatable bonds is 3. The standard InChI is InChI=1S/C21H23Cl2N5O3/c1-21(2,3)31-20(30)24-10-16(29)27-6-7-28-15(11-27)17(12-8-25-26-9-12)13-4-5-14(22)18(23)19(13)28/h4-5,8-9H,6-7,10-11H2,1-3H3,(H,24,30)(H,25,26). The Hall–Kier alpha value is -2.71. The van der Waals surface area contributed by atoms with Crippen molar-refractivity contribution in [1.29, 1.82) is 0 Å². The Balaban J connectivity index is 1.62. The third-order valence-corrected chi connectivity index (χ3v) is 5.87. The number of carbonyl (C=O) groups excluding carboxylic acids is 2. The van der Waals surface area contributed by atoms with Crippen molar-refractivity contribution in [3.8, 4) is 11.1 Å². The van der Waals surface area contributed by atoms with Crippen LogP contribution in [0.15, 0.2) is 24.5 Å². The summed E-state index contributed by atoms with van der Waals surface area (Å²) in [5.41, 5.74) is 3.02. The summed E-state index contributed by atoms with van der Waals surface area (Å²) in [6.07, 6.45) is 2.93. The number of hydrogen-bond donors (Lipinski definition) is 2. The van der Waals surface area contributed by atoms with Crippen LogP contribution in [0.2, 0.25) is 10.0 Å².